The zero-order chi connectivity index (χ0) is 12.6. The van der Waals surface area contributed by atoms with Gasteiger partial charge in [0.25, 0.3) is 0 Å². The second-order valence-electron chi connectivity index (χ2n) is 4.05. The van der Waals surface area contributed by atoms with Gasteiger partial charge >= 0.3 is 0 Å². The summed E-state index contributed by atoms with van der Waals surface area (Å²) in [5.74, 6) is 0.135. The van der Waals surface area contributed by atoms with Crippen molar-refractivity contribution in [1.82, 2.24) is 14.9 Å². The molecule has 0 aromatic rings. The number of hydrogen-bond donors (Lipinski definition) is 2. The zero-order valence-electron chi connectivity index (χ0n) is 10.8. The van der Waals surface area contributed by atoms with Crippen LogP contribution >= 0.6 is 0 Å². The summed E-state index contributed by atoms with van der Waals surface area (Å²) in [4.78, 5) is 2.15. The molecule has 1 unspecified atom stereocenters. The van der Waals surface area contributed by atoms with Crippen molar-refractivity contribution in [3.05, 3.63) is 0 Å². The summed E-state index contributed by atoms with van der Waals surface area (Å²) >= 11 is 0. The topological polar surface area (TPSA) is 61.4 Å². The minimum absolute atomic E-state index is 0.135. The fourth-order valence-corrected chi connectivity index (χ4v) is 2.24. The van der Waals surface area contributed by atoms with Crippen molar-refractivity contribution in [2.75, 3.05) is 39.5 Å². The summed E-state index contributed by atoms with van der Waals surface area (Å²) < 4.78 is 25.5. The van der Waals surface area contributed by atoms with Crippen molar-refractivity contribution < 1.29 is 8.42 Å². The highest BCUT2D eigenvalue weighted by atomic mass is 32.2. The van der Waals surface area contributed by atoms with Gasteiger partial charge in [0, 0.05) is 25.7 Å². The van der Waals surface area contributed by atoms with E-state index >= 15 is 0 Å². The van der Waals surface area contributed by atoms with E-state index in [1.807, 2.05) is 7.05 Å². The molecule has 0 spiro atoms. The maximum Gasteiger partial charge on any atom is 0.212 e. The van der Waals surface area contributed by atoms with E-state index in [2.05, 4.69) is 28.8 Å². The van der Waals surface area contributed by atoms with Crippen LogP contribution in [0.2, 0.25) is 0 Å². The maximum atomic E-state index is 11.4. The van der Waals surface area contributed by atoms with Crippen molar-refractivity contribution in [3.8, 4) is 0 Å². The second kappa shape index (κ2) is 8.00. The Labute approximate surface area is 99.6 Å². The number of rotatable bonds is 9. The first kappa shape index (κ1) is 15.8. The Kier molecular flexibility index (Phi) is 7.91. The van der Waals surface area contributed by atoms with Crippen LogP contribution in [-0.4, -0.2) is 58.8 Å². The van der Waals surface area contributed by atoms with Gasteiger partial charge in [0.15, 0.2) is 0 Å². The third-order valence-corrected chi connectivity index (χ3v) is 4.14. The molecule has 0 radical (unpaired) electrons. The number of nitrogens with one attached hydrogen (secondary N) is 2. The lowest BCUT2D eigenvalue weighted by Crippen LogP contribution is -2.38. The van der Waals surface area contributed by atoms with E-state index in [4.69, 9.17) is 0 Å². The molecular formula is C10H25N3O2S. The largest absolute Gasteiger partial charge is 0.319 e. The average Bonchev–Trinajstić information content (AvgIpc) is 2.24. The predicted molar refractivity (Wildman–Crippen MR) is 68.1 cm³/mol. The lowest BCUT2D eigenvalue weighted by molar-refractivity contribution is 0.256. The zero-order valence-corrected chi connectivity index (χ0v) is 11.6. The summed E-state index contributed by atoms with van der Waals surface area (Å²) in [6.45, 7) is 5.96. The molecule has 6 heteroatoms. The quantitative estimate of drug-likeness (QED) is 0.598. The Hall–Kier alpha value is -0.170. The number of hydrogen-bond acceptors (Lipinski definition) is 4. The molecule has 0 aliphatic rings. The highest BCUT2D eigenvalue weighted by molar-refractivity contribution is 7.89. The van der Waals surface area contributed by atoms with Crippen LogP contribution in [0.4, 0.5) is 0 Å². The molecule has 5 nitrogen and oxygen atoms in total. The van der Waals surface area contributed by atoms with E-state index in [0.29, 0.717) is 19.1 Å². The smallest absolute Gasteiger partial charge is 0.212 e. The number of sulfonamides is 1. The van der Waals surface area contributed by atoms with Gasteiger partial charge < -0.3 is 10.2 Å². The molecule has 0 aromatic heterocycles. The van der Waals surface area contributed by atoms with E-state index in [-0.39, 0.29) is 5.75 Å². The Morgan fingerprint density at radius 3 is 2.44 bits per heavy atom. The summed E-state index contributed by atoms with van der Waals surface area (Å²) in [7, 11) is 0.641. The maximum absolute atomic E-state index is 11.4. The third-order valence-electron chi connectivity index (χ3n) is 2.75. The van der Waals surface area contributed by atoms with Gasteiger partial charge in [0.05, 0.1) is 5.75 Å². The van der Waals surface area contributed by atoms with Crippen molar-refractivity contribution in [2.24, 2.45) is 0 Å². The van der Waals surface area contributed by atoms with Crippen LogP contribution in [0, 0.1) is 0 Å². The molecular weight excluding hydrogens is 226 g/mol. The first-order chi connectivity index (χ1) is 7.43. The van der Waals surface area contributed by atoms with Gasteiger partial charge in [-0.15, -0.1) is 0 Å². The second-order valence-corrected chi connectivity index (χ2v) is 5.98. The molecule has 0 bridgehead atoms. The molecule has 0 saturated carbocycles. The lowest BCUT2D eigenvalue weighted by Gasteiger charge is -2.23. The molecule has 2 N–H and O–H groups in total. The average molecular weight is 251 g/mol. The molecule has 16 heavy (non-hydrogen) atoms. The Morgan fingerprint density at radius 1 is 1.31 bits per heavy atom. The standard InChI is InChI=1S/C10H25N3O2S/c1-5-10(2)13(4)8-6-12-16(14,15)9-7-11-3/h10-12H,5-9H2,1-4H3. The van der Waals surface area contributed by atoms with Crippen LogP contribution in [0.3, 0.4) is 0 Å². The predicted octanol–water partition coefficient (Wildman–Crippen LogP) is -0.144. The molecule has 0 saturated heterocycles. The molecule has 0 amide bonds. The molecule has 0 aliphatic carbocycles. The highest BCUT2D eigenvalue weighted by Crippen LogP contribution is 1.98. The molecule has 0 heterocycles. The fourth-order valence-electron chi connectivity index (χ4n) is 1.22. The van der Waals surface area contributed by atoms with Gasteiger partial charge in [-0.2, -0.15) is 0 Å². The van der Waals surface area contributed by atoms with Crippen molar-refractivity contribution >= 4 is 10.0 Å². The van der Waals surface area contributed by atoms with E-state index in [0.717, 1.165) is 13.0 Å². The van der Waals surface area contributed by atoms with Crippen molar-refractivity contribution in [2.45, 2.75) is 26.3 Å². The van der Waals surface area contributed by atoms with Crippen LogP contribution in [0.5, 0.6) is 0 Å². The fraction of sp³-hybridized carbons (Fsp3) is 1.00. The summed E-state index contributed by atoms with van der Waals surface area (Å²) in [5, 5.41) is 2.82. The Bertz CT molecular complexity index is 267. The van der Waals surface area contributed by atoms with Crippen molar-refractivity contribution in [3.63, 3.8) is 0 Å². The minimum atomic E-state index is -3.11. The molecule has 1 atom stereocenters. The Morgan fingerprint density at radius 2 is 1.94 bits per heavy atom. The summed E-state index contributed by atoms with van der Waals surface area (Å²) in [6.07, 6.45) is 1.07. The molecule has 0 fully saturated rings. The van der Waals surface area contributed by atoms with Crippen molar-refractivity contribution in [1.29, 1.82) is 0 Å². The first-order valence-electron chi connectivity index (χ1n) is 5.75. The van der Waals surface area contributed by atoms with Crippen LogP contribution in [0.15, 0.2) is 0 Å². The van der Waals surface area contributed by atoms with Crippen LogP contribution in [0.25, 0.3) is 0 Å². The lowest BCUT2D eigenvalue weighted by atomic mass is 10.2. The monoisotopic (exact) mass is 251 g/mol. The summed E-state index contributed by atoms with van der Waals surface area (Å²) in [6, 6.07) is 0.488. The molecule has 0 aliphatic heterocycles. The SMILES string of the molecule is CCC(C)N(C)CCNS(=O)(=O)CCNC. The number of nitrogens with zero attached hydrogens (tertiary/aromatic N) is 1. The van der Waals surface area contributed by atoms with Gasteiger partial charge in [0.1, 0.15) is 0 Å². The normalized spacial score (nSPS) is 14.3. The Balaban J connectivity index is 3.80. The van der Waals surface area contributed by atoms with Gasteiger partial charge in [-0.05, 0) is 27.4 Å². The molecule has 0 rings (SSSR count). The third kappa shape index (κ3) is 7.16. The highest BCUT2D eigenvalue weighted by Gasteiger charge is 2.10. The molecule has 98 valence electrons. The van der Waals surface area contributed by atoms with E-state index < -0.39 is 10.0 Å². The van der Waals surface area contributed by atoms with Crippen LogP contribution < -0.4 is 10.0 Å². The number of likely N-dealkylation sites (N-methyl/N-ethyl adjacent to an activating group) is 1. The minimum Gasteiger partial charge on any atom is -0.319 e. The van der Waals surface area contributed by atoms with Gasteiger partial charge in [-0.1, -0.05) is 6.92 Å². The molecule has 0 aromatic carbocycles. The van der Waals surface area contributed by atoms with E-state index in [9.17, 15) is 8.42 Å². The van der Waals surface area contributed by atoms with Crippen LogP contribution in [0.1, 0.15) is 20.3 Å². The van der Waals surface area contributed by atoms with Gasteiger partial charge in [-0.3, -0.25) is 0 Å². The van der Waals surface area contributed by atoms with Gasteiger partial charge in [0.2, 0.25) is 10.0 Å². The van der Waals surface area contributed by atoms with Gasteiger partial charge in [-0.25, -0.2) is 13.1 Å². The van der Waals surface area contributed by atoms with Crippen LogP contribution in [-0.2, 0) is 10.0 Å². The summed E-state index contributed by atoms with van der Waals surface area (Å²) in [5.41, 5.74) is 0. The first-order valence-corrected chi connectivity index (χ1v) is 7.40. The van der Waals surface area contributed by atoms with E-state index in [1.165, 1.54) is 0 Å². The van der Waals surface area contributed by atoms with E-state index in [1.54, 1.807) is 7.05 Å².